The minimum absolute atomic E-state index is 0.279. The lowest BCUT2D eigenvalue weighted by atomic mass is 10.0. The predicted molar refractivity (Wildman–Crippen MR) is 150 cm³/mol. The van der Waals surface area contributed by atoms with Crippen molar-refractivity contribution in [2.45, 2.75) is 46.1 Å². The number of benzene rings is 2. The van der Waals surface area contributed by atoms with E-state index in [4.69, 9.17) is 23.7 Å². The fraction of sp³-hybridized carbons (Fsp3) is 0.517. The third-order valence-electron chi connectivity index (χ3n) is 6.18. The highest BCUT2D eigenvalue weighted by Crippen LogP contribution is 2.38. The normalized spacial score (nSPS) is 11.6. The molecule has 0 unspecified atom stereocenters. The second-order valence-corrected chi connectivity index (χ2v) is 9.41. The molecule has 1 amide bonds. The van der Waals surface area contributed by atoms with Gasteiger partial charge in [0, 0.05) is 19.6 Å². The van der Waals surface area contributed by atoms with Crippen molar-refractivity contribution in [2.75, 3.05) is 48.1 Å². The van der Waals surface area contributed by atoms with Crippen molar-refractivity contribution in [3.05, 3.63) is 41.5 Å². The maximum absolute atomic E-state index is 12.9. The highest BCUT2D eigenvalue weighted by molar-refractivity contribution is 5.71. The summed E-state index contributed by atoms with van der Waals surface area (Å²) in [4.78, 5) is 25.7. The van der Waals surface area contributed by atoms with Gasteiger partial charge < -0.3 is 33.4 Å². The van der Waals surface area contributed by atoms with Crippen molar-refractivity contribution in [3.63, 3.8) is 0 Å². The van der Waals surface area contributed by atoms with Crippen molar-refractivity contribution in [1.82, 2.24) is 15.8 Å². The molecule has 0 spiro atoms. The molecule has 2 rings (SSSR count). The molecule has 0 radical (unpaired) electrons. The van der Waals surface area contributed by atoms with E-state index in [9.17, 15) is 9.59 Å². The Labute approximate surface area is 231 Å². The molecule has 10 heteroatoms. The van der Waals surface area contributed by atoms with Gasteiger partial charge in [0.1, 0.15) is 6.29 Å². The number of hydrogen-bond donors (Lipinski definition) is 2. The van der Waals surface area contributed by atoms with Crippen LogP contribution < -0.4 is 34.5 Å². The summed E-state index contributed by atoms with van der Waals surface area (Å²) in [5, 5.41) is 0. The van der Waals surface area contributed by atoms with Gasteiger partial charge in [-0.3, -0.25) is 5.43 Å². The number of ether oxygens (including phenoxy) is 5. The summed E-state index contributed by atoms with van der Waals surface area (Å²) in [5.41, 5.74) is 8.03. The average Bonchev–Trinajstić information content (AvgIpc) is 2.94. The van der Waals surface area contributed by atoms with Gasteiger partial charge in [-0.25, -0.2) is 10.2 Å². The van der Waals surface area contributed by atoms with Crippen LogP contribution in [0.2, 0.25) is 0 Å². The minimum Gasteiger partial charge on any atom is -0.493 e. The summed E-state index contributed by atoms with van der Waals surface area (Å²) in [6.07, 6.45) is 2.53. The molecule has 0 aliphatic heterocycles. The number of likely N-dealkylation sites (N-methyl/N-ethyl adjacent to an activating group) is 1. The summed E-state index contributed by atoms with van der Waals surface area (Å²) in [7, 11) is 6.29. The molecule has 0 aromatic heterocycles. The monoisotopic (exact) mass is 545 g/mol. The number of aldehydes is 1. The second-order valence-electron chi connectivity index (χ2n) is 9.41. The zero-order chi connectivity index (χ0) is 28.8. The number of carbonyl (C=O) groups excluding carboxylic acids is 2. The third kappa shape index (κ3) is 9.63. The number of hydrazine groups is 1. The van der Waals surface area contributed by atoms with Gasteiger partial charge >= 0.3 is 6.09 Å². The Bertz CT molecular complexity index is 1040. The Hall–Kier alpha value is -3.50. The molecule has 0 aliphatic carbocycles. The largest absolute Gasteiger partial charge is 0.493 e. The Kier molecular flexibility index (Phi) is 13.4. The minimum atomic E-state index is -0.478. The van der Waals surface area contributed by atoms with Crippen LogP contribution in [0.3, 0.4) is 0 Å². The van der Waals surface area contributed by atoms with Gasteiger partial charge in [0.25, 0.3) is 0 Å². The number of nitrogens with one attached hydrogen (secondary N) is 2. The Morgan fingerprint density at radius 3 is 2.05 bits per heavy atom. The number of rotatable bonds is 17. The highest BCUT2D eigenvalue weighted by atomic mass is 16.6. The van der Waals surface area contributed by atoms with E-state index in [0.29, 0.717) is 67.1 Å². The molecule has 0 bridgehead atoms. The van der Waals surface area contributed by atoms with Gasteiger partial charge in [-0.05, 0) is 67.5 Å². The molecule has 2 aromatic carbocycles. The molecule has 0 saturated heterocycles. The lowest BCUT2D eigenvalue weighted by Gasteiger charge is -2.22. The van der Waals surface area contributed by atoms with Gasteiger partial charge in [0.2, 0.25) is 5.75 Å². The van der Waals surface area contributed by atoms with E-state index in [1.54, 1.807) is 32.3 Å². The summed E-state index contributed by atoms with van der Waals surface area (Å²) in [6.45, 7) is 7.32. The van der Waals surface area contributed by atoms with E-state index in [2.05, 4.69) is 24.7 Å². The lowest BCUT2D eigenvalue weighted by Crippen LogP contribution is -2.46. The third-order valence-corrected chi connectivity index (χ3v) is 6.18. The topological polar surface area (TPSA) is 108 Å². The van der Waals surface area contributed by atoms with Crippen LogP contribution in [0.1, 0.15) is 38.3 Å². The zero-order valence-electron chi connectivity index (χ0n) is 24.2. The van der Waals surface area contributed by atoms with Crippen LogP contribution in [0.15, 0.2) is 30.3 Å². The first-order valence-electron chi connectivity index (χ1n) is 13.2. The predicted octanol–water partition coefficient (Wildman–Crippen LogP) is 4.03. The SMILES string of the molecule is CCN(CCNN[C@H](C=O)CC(C)C)C(=O)Oc1cc(CCc2cc(OC)c(OC)c(OC)c2)ccc1OC. The smallest absolute Gasteiger partial charge is 0.415 e. The standard InChI is InChI=1S/C29H43N3O7/c1-8-32(14-13-30-31-23(19-33)15-20(2)3)29(34)39-25-16-21(11-12-24(25)35-4)9-10-22-17-26(36-5)28(38-7)27(18-22)37-6/h11-12,16-20,23,30-31H,8-10,13-15H2,1-7H3/t23-/m0/s1. The Balaban J connectivity index is 2.03. The molecule has 0 aliphatic rings. The summed E-state index contributed by atoms with van der Waals surface area (Å²) >= 11 is 0. The fourth-order valence-corrected chi connectivity index (χ4v) is 4.11. The summed E-state index contributed by atoms with van der Waals surface area (Å²) < 4.78 is 27.5. The zero-order valence-corrected chi connectivity index (χ0v) is 24.2. The van der Waals surface area contributed by atoms with Crippen molar-refractivity contribution >= 4 is 12.4 Å². The van der Waals surface area contributed by atoms with Gasteiger partial charge in [-0.1, -0.05) is 19.9 Å². The fourth-order valence-electron chi connectivity index (χ4n) is 4.11. The van der Waals surface area contributed by atoms with Crippen LogP contribution in [-0.2, 0) is 17.6 Å². The van der Waals surface area contributed by atoms with Crippen molar-refractivity contribution in [3.8, 4) is 28.7 Å². The lowest BCUT2D eigenvalue weighted by molar-refractivity contribution is -0.110. The van der Waals surface area contributed by atoms with Crippen molar-refractivity contribution in [1.29, 1.82) is 0 Å². The number of carbonyl (C=O) groups is 2. The highest BCUT2D eigenvalue weighted by Gasteiger charge is 2.18. The first-order chi connectivity index (χ1) is 18.8. The Morgan fingerprint density at radius 2 is 1.51 bits per heavy atom. The Morgan fingerprint density at radius 1 is 0.897 bits per heavy atom. The molecule has 39 heavy (non-hydrogen) atoms. The van der Waals surface area contributed by atoms with Crippen molar-refractivity contribution < 1.29 is 33.3 Å². The van der Waals surface area contributed by atoms with Crippen LogP contribution in [0.5, 0.6) is 28.7 Å². The second kappa shape index (κ2) is 16.5. The van der Waals surface area contributed by atoms with Crippen LogP contribution >= 0.6 is 0 Å². The van der Waals surface area contributed by atoms with Crippen LogP contribution in [-0.4, -0.2) is 71.4 Å². The number of nitrogens with zero attached hydrogens (tertiary/aromatic N) is 1. The summed E-state index contributed by atoms with van der Waals surface area (Å²) in [6, 6.07) is 9.13. The number of aryl methyl sites for hydroxylation is 2. The molecule has 2 aromatic rings. The number of amides is 1. The van der Waals surface area contributed by atoms with Gasteiger partial charge in [0.15, 0.2) is 23.0 Å². The van der Waals surface area contributed by atoms with Crippen LogP contribution in [0, 0.1) is 5.92 Å². The number of hydrogen-bond acceptors (Lipinski definition) is 9. The molecule has 216 valence electrons. The molecular formula is C29H43N3O7. The molecule has 0 heterocycles. The summed E-state index contributed by atoms with van der Waals surface area (Å²) in [5.74, 6) is 2.96. The molecule has 2 N–H and O–H groups in total. The van der Waals surface area contributed by atoms with Gasteiger partial charge in [-0.2, -0.15) is 0 Å². The van der Waals surface area contributed by atoms with Crippen LogP contribution in [0.4, 0.5) is 4.79 Å². The van der Waals surface area contributed by atoms with E-state index in [0.717, 1.165) is 23.8 Å². The molecule has 0 saturated carbocycles. The average molecular weight is 546 g/mol. The van der Waals surface area contributed by atoms with Gasteiger partial charge in [0.05, 0.1) is 34.5 Å². The number of methoxy groups -OCH3 is 4. The van der Waals surface area contributed by atoms with Crippen LogP contribution in [0.25, 0.3) is 0 Å². The van der Waals surface area contributed by atoms with E-state index in [1.807, 2.05) is 31.2 Å². The molecular weight excluding hydrogens is 502 g/mol. The van der Waals surface area contributed by atoms with Gasteiger partial charge in [-0.15, -0.1) is 0 Å². The van der Waals surface area contributed by atoms with Crippen molar-refractivity contribution in [2.24, 2.45) is 5.92 Å². The van der Waals surface area contributed by atoms with E-state index in [1.165, 1.54) is 7.11 Å². The maximum atomic E-state index is 12.9. The molecule has 1 atom stereocenters. The van der Waals surface area contributed by atoms with E-state index < -0.39 is 6.09 Å². The van der Waals surface area contributed by atoms with E-state index in [-0.39, 0.29) is 6.04 Å². The van der Waals surface area contributed by atoms with E-state index >= 15 is 0 Å². The first kappa shape index (κ1) is 31.7. The molecule has 0 fully saturated rings. The first-order valence-corrected chi connectivity index (χ1v) is 13.2. The molecule has 10 nitrogen and oxygen atoms in total. The quantitative estimate of drug-likeness (QED) is 0.173. The maximum Gasteiger partial charge on any atom is 0.415 e.